The van der Waals surface area contributed by atoms with Crippen molar-refractivity contribution in [3.8, 4) is 0 Å². The number of nitrogens with zero attached hydrogens (tertiary/aromatic N) is 1. The average Bonchev–Trinajstić information content (AvgIpc) is 3.00. The molecule has 6 heteroatoms. The van der Waals surface area contributed by atoms with E-state index in [4.69, 9.17) is 0 Å². The van der Waals surface area contributed by atoms with Gasteiger partial charge >= 0.3 is 0 Å². The first-order valence-electron chi connectivity index (χ1n) is 12.4. The Hall–Kier alpha value is -3.93. The average molecular weight is 482 g/mol. The van der Waals surface area contributed by atoms with Crippen molar-refractivity contribution in [1.29, 1.82) is 0 Å². The number of hydrogen-bond acceptors (Lipinski definition) is 5. The molecule has 2 atom stereocenters. The van der Waals surface area contributed by atoms with Crippen LogP contribution in [-0.2, 0) is 10.2 Å². The molecule has 0 saturated heterocycles. The lowest BCUT2D eigenvalue weighted by Gasteiger charge is -2.30. The molecule has 36 heavy (non-hydrogen) atoms. The predicted molar refractivity (Wildman–Crippen MR) is 143 cm³/mol. The molecule has 1 aliphatic heterocycles. The lowest BCUT2D eigenvalue weighted by Crippen LogP contribution is -2.27. The van der Waals surface area contributed by atoms with Crippen LogP contribution < -0.4 is 10.6 Å². The van der Waals surface area contributed by atoms with Gasteiger partial charge in [0.05, 0.1) is 22.3 Å². The summed E-state index contributed by atoms with van der Waals surface area (Å²) in [6, 6.07) is 21.2. The first-order valence-corrected chi connectivity index (χ1v) is 12.4. The molecular weight excluding hydrogens is 450 g/mol. The number of nitro groups is 1. The van der Waals surface area contributed by atoms with Crippen LogP contribution in [0.25, 0.3) is 0 Å². The Kier molecular flexibility index (Phi) is 5.91. The molecule has 184 valence electrons. The van der Waals surface area contributed by atoms with Crippen LogP contribution in [0.2, 0.25) is 0 Å². The smallest absolute Gasteiger partial charge is 0.272 e. The highest BCUT2D eigenvalue weighted by Crippen LogP contribution is 2.45. The lowest BCUT2D eigenvalue weighted by atomic mass is 9.77. The molecule has 3 aromatic rings. The minimum Gasteiger partial charge on any atom is -0.372 e. The predicted octanol–water partition coefficient (Wildman–Crippen LogP) is 7.18. The van der Waals surface area contributed by atoms with Gasteiger partial charge in [-0.3, -0.25) is 14.9 Å². The van der Waals surface area contributed by atoms with E-state index in [-0.39, 0.29) is 27.7 Å². The highest BCUT2D eigenvalue weighted by Gasteiger charge is 2.36. The van der Waals surface area contributed by atoms with Gasteiger partial charge in [0.1, 0.15) is 0 Å². The van der Waals surface area contributed by atoms with Crippen LogP contribution in [0.1, 0.15) is 67.8 Å². The van der Waals surface area contributed by atoms with Gasteiger partial charge in [-0.05, 0) is 53.5 Å². The number of carbonyl (C=O) groups is 1. The summed E-state index contributed by atoms with van der Waals surface area (Å²) in [5, 5.41) is 18.7. The molecule has 0 aromatic heterocycles. The van der Waals surface area contributed by atoms with Crippen molar-refractivity contribution >= 4 is 22.8 Å². The van der Waals surface area contributed by atoms with Crippen molar-refractivity contribution in [1.82, 2.24) is 0 Å². The topological polar surface area (TPSA) is 84.3 Å². The number of allylic oxidation sites excluding steroid dienone is 1. The van der Waals surface area contributed by atoms with Gasteiger partial charge in [0.15, 0.2) is 5.78 Å². The zero-order chi connectivity index (χ0) is 25.6. The van der Waals surface area contributed by atoms with Crippen LogP contribution >= 0.6 is 0 Å². The van der Waals surface area contributed by atoms with Gasteiger partial charge in [-0.15, -0.1) is 0 Å². The number of anilines is 2. The van der Waals surface area contributed by atoms with E-state index in [0.717, 1.165) is 22.6 Å². The van der Waals surface area contributed by atoms with Gasteiger partial charge in [0, 0.05) is 29.3 Å². The third-order valence-electron chi connectivity index (χ3n) is 7.32. The fraction of sp³-hybridized carbons (Fsp3) is 0.300. The molecule has 3 aromatic carbocycles. The summed E-state index contributed by atoms with van der Waals surface area (Å²) in [6.45, 7) is 8.31. The molecular formula is C30H31N3O3. The first-order chi connectivity index (χ1) is 17.1. The number of rotatable bonds is 3. The molecule has 1 heterocycles. The monoisotopic (exact) mass is 481 g/mol. The van der Waals surface area contributed by atoms with Gasteiger partial charge < -0.3 is 10.6 Å². The fourth-order valence-electron chi connectivity index (χ4n) is 5.24. The van der Waals surface area contributed by atoms with Crippen molar-refractivity contribution in [3.63, 3.8) is 0 Å². The minimum atomic E-state index is -0.479. The Morgan fingerprint density at radius 1 is 0.917 bits per heavy atom. The molecule has 1 aliphatic carbocycles. The van der Waals surface area contributed by atoms with Crippen molar-refractivity contribution in [3.05, 3.63) is 110 Å². The summed E-state index contributed by atoms with van der Waals surface area (Å²) in [5.41, 5.74) is 7.13. The standard InChI is InChI=1S/C30H31N3O3/c1-18-9-10-20(16-26(18)33(35)36)29-28-25(31-23-7-5-6-8-24(23)32-29)15-21(17-27(28)34)19-11-13-22(14-12-19)30(2,3)4/h5-14,16,21,29,31-32H,15,17H2,1-4H3. The highest BCUT2D eigenvalue weighted by atomic mass is 16.6. The van der Waals surface area contributed by atoms with Crippen LogP contribution in [0.15, 0.2) is 78.0 Å². The zero-order valence-electron chi connectivity index (χ0n) is 21.1. The summed E-state index contributed by atoms with van der Waals surface area (Å²) in [5.74, 6) is 0.123. The molecule has 0 fully saturated rings. The number of ketones is 1. The van der Waals surface area contributed by atoms with Crippen molar-refractivity contribution in [2.75, 3.05) is 10.6 Å². The number of carbonyl (C=O) groups excluding carboxylic acids is 1. The molecule has 2 unspecified atom stereocenters. The number of nitro benzene ring substituents is 1. The number of nitrogens with one attached hydrogen (secondary N) is 2. The Labute approximate surface area is 211 Å². The molecule has 0 amide bonds. The molecule has 0 saturated carbocycles. The van der Waals surface area contributed by atoms with E-state index in [9.17, 15) is 14.9 Å². The van der Waals surface area contributed by atoms with Crippen LogP contribution in [-0.4, -0.2) is 10.7 Å². The summed E-state index contributed by atoms with van der Waals surface area (Å²) >= 11 is 0. The van der Waals surface area contributed by atoms with E-state index in [1.165, 1.54) is 5.56 Å². The quantitative estimate of drug-likeness (QED) is 0.306. The molecule has 2 aliphatic rings. The van der Waals surface area contributed by atoms with Crippen molar-refractivity contribution in [2.24, 2.45) is 0 Å². The number of para-hydroxylation sites is 2. The van der Waals surface area contributed by atoms with Crippen LogP contribution in [0, 0.1) is 17.0 Å². The van der Waals surface area contributed by atoms with E-state index in [1.807, 2.05) is 30.3 Å². The largest absolute Gasteiger partial charge is 0.372 e. The van der Waals surface area contributed by atoms with Gasteiger partial charge in [0.25, 0.3) is 5.69 Å². The van der Waals surface area contributed by atoms with Crippen LogP contribution in [0.3, 0.4) is 0 Å². The maximum absolute atomic E-state index is 13.7. The van der Waals surface area contributed by atoms with E-state index < -0.39 is 6.04 Å². The van der Waals surface area contributed by atoms with Gasteiger partial charge in [-0.25, -0.2) is 0 Å². The summed E-state index contributed by atoms with van der Waals surface area (Å²) in [7, 11) is 0. The molecule has 0 radical (unpaired) electrons. The van der Waals surface area contributed by atoms with Crippen molar-refractivity contribution < 1.29 is 9.72 Å². The highest BCUT2D eigenvalue weighted by molar-refractivity contribution is 6.01. The molecule has 2 N–H and O–H groups in total. The SMILES string of the molecule is Cc1ccc(C2Nc3ccccc3NC3=C2C(=O)CC(c2ccc(C(C)(C)C)cc2)C3)cc1[N+](=O)[O-]. The van der Waals surface area contributed by atoms with Crippen LogP contribution in [0.4, 0.5) is 17.1 Å². The van der Waals surface area contributed by atoms with Gasteiger partial charge in [0.2, 0.25) is 0 Å². The molecule has 0 bridgehead atoms. The Morgan fingerprint density at radius 3 is 2.25 bits per heavy atom. The second kappa shape index (κ2) is 8.94. The Bertz CT molecular complexity index is 1380. The summed E-state index contributed by atoms with van der Waals surface area (Å²) in [4.78, 5) is 25.0. The second-order valence-electron chi connectivity index (χ2n) is 10.8. The molecule has 5 rings (SSSR count). The van der Waals surface area contributed by atoms with Gasteiger partial charge in [-0.1, -0.05) is 69.3 Å². The summed E-state index contributed by atoms with van der Waals surface area (Å²) in [6.07, 6.45) is 1.09. The van der Waals surface area contributed by atoms with E-state index >= 15 is 0 Å². The number of Topliss-reactive ketones (excluding diaryl/α,β-unsaturated/α-hetero) is 1. The number of hydrogen-bond donors (Lipinski definition) is 2. The van der Waals surface area contributed by atoms with E-state index in [2.05, 4.69) is 55.7 Å². The lowest BCUT2D eigenvalue weighted by molar-refractivity contribution is -0.385. The molecule has 6 nitrogen and oxygen atoms in total. The second-order valence-corrected chi connectivity index (χ2v) is 10.8. The molecule has 0 spiro atoms. The first kappa shape index (κ1) is 23.8. The number of aryl methyl sites for hydroxylation is 1. The summed E-state index contributed by atoms with van der Waals surface area (Å²) < 4.78 is 0. The third kappa shape index (κ3) is 4.39. The Morgan fingerprint density at radius 2 is 1.58 bits per heavy atom. The maximum atomic E-state index is 13.7. The minimum absolute atomic E-state index is 0.0574. The zero-order valence-corrected chi connectivity index (χ0v) is 21.1. The fourth-order valence-corrected chi connectivity index (χ4v) is 5.24. The van der Waals surface area contributed by atoms with E-state index in [0.29, 0.717) is 29.5 Å². The van der Waals surface area contributed by atoms with Gasteiger partial charge in [-0.2, -0.15) is 0 Å². The van der Waals surface area contributed by atoms with E-state index in [1.54, 1.807) is 19.1 Å². The Balaban J connectivity index is 1.58. The maximum Gasteiger partial charge on any atom is 0.272 e. The number of benzene rings is 3. The normalized spacial score (nSPS) is 19.5. The third-order valence-corrected chi connectivity index (χ3v) is 7.32. The number of fused-ring (bicyclic) bond motifs is 1. The van der Waals surface area contributed by atoms with Crippen molar-refractivity contribution in [2.45, 2.75) is 57.9 Å². The van der Waals surface area contributed by atoms with Crippen LogP contribution in [0.5, 0.6) is 0 Å².